The van der Waals surface area contributed by atoms with Crippen LogP contribution in [0.3, 0.4) is 0 Å². The van der Waals surface area contributed by atoms with Crippen molar-refractivity contribution in [3.8, 4) is 0 Å². The van der Waals surface area contributed by atoms with E-state index in [1.807, 2.05) is 0 Å². The van der Waals surface area contributed by atoms with Gasteiger partial charge in [-0.05, 0) is 12.8 Å². The number of aryl methyl sites for hydroxylation is 1. The maximum atomic E-state index is 12.5. The van der Waals surface area contributed by atoms with Gasteiger partial charge in [0, 0.05) is 20.1 Å². The predicted octanol–water partition coefficient (Wildman–Crippen LogP) is 0.141. The monoisotopic (exact) mass is 337 g/mol. The van der Waals surface area contributed by atoms with E-state index in [2.05, 4.69) is 4.98 Å². The zero-order chi connectivity index (χ0) is 16.6. The lowest BCUT2D eigenvalue weighted by Gasteiger charge is -2.20. The molecule has 9 heteroatoms. The molecule has 1 aliphatic heterocycles. The smallest absolute Gasteiger partial charge is 0.332 e. The number of aromatic nitrogens is 3. The third-order valence-electron chi connectivity index (χ3n) is 4.15. The number of anilines is 1. The Balaban J connectivity index is 1.98. The molecule has 0 radical (unpaired) electrons. The Bertz CT molecular complexity index is 858. The molecule has 0 unspecified atom stereocenters. The van der Waals surface area contributed by atoms with E-state index in [0.29, 0.717) is 17.8 Å². The zero-order valence-electron chi connectivity index (χ0n) is 12.9. The molecule has 0 bridgehead atoms. The number of thiazole rings is 1. The molecule has 8 nitrogen and oxygen atoms in total. The number of rotatable bonds is 2. The van der Waals surface area contributed by atoms with Crippen molar-refractivity contribution in [3.05, 3.63) is 20.8 Å². The second-order valence-corrected chi connectivity index (χ2v) is 6.76. The predicted molar refractivity (Wildman–Crippen MR) is 88.6 cm³/mol. The number of carbonyl (C=O) groups is 1. The number of hydrogen-bond acceptors (Lipinski definition) is 6. The van der Waals surface area contributed by atoms with Crippen LogP contribution in [0.4, 0.5) is 5.13 Å². The molecule has 1 saturated heterocycles. The van der Waals surface area contributed by atoms with Crippen LogP contribution in [0.5, 0.6) is 0 Å². The number of amides is 1. The molecule has 2 aromatic rings. The minimum atomic E-state index is -0.545. The maximum absolute atomic E-state index is 12.5. The summed E-state index contributed by atoms with van der Waals surface area (Å²) in [6.07, 6.45) is 4.14. The maximum Gasteiger partial charge on any atom is 0.332 e. The first-order valence-corrected chi connectivity index (χ1v) is 8.44. The van der Waals surface area contributed by atoms with Crippen LogP contribution in [0.25, 0.3) is 10.3 Å². The Morgan fingerprint density at radius 3 is 2.52 bits per heavy atom. The summed E-state index contributed by atoms with van der Waals surface area (Å²) in [5.74, 6) is -0.192. The summed E-state index contributed by atoms with van der Waals surface area (Å²) in [4.78, 5) is 43.1. The van der Waals surface area contributed by atoms with Crippen LogP contribution in [-0.4, -0.2) is 38.0 Å². The second kappa shape index (κ2) is 6.15. The summed E-state index contributed by atoms with van der Waals surface area (Å²) in [6, 6.07) is 0. The summed E-state index contributed by atoms with van der Waals surface area (Å²) < 4.78 is 2.54. The van der Waals surface area contributed by atoms with Gasteiger partial charge in [-0.15, -0.1) is 0 Å². The van der Waals surface area contributed by atoms with Crippen molar-refractivity contribution in [1.29, 1.82) is 0 Å². The van der Waals surface area contributed by atoms with Gasteiger partial charge in [0.25, 0.3) is 5.56 Å². The van der Waals surface area contributed by atoms with E-state index in [-0.39, 0.29) is 23.2 Å². The molecule has 3 heterocycles. The summed E-state index contributed by atoms with van der Waals surface area (Å²) in [7, 11) is 1.52. The van der Waals surface area contributed by atoms with Crippen molar-refractivity contribution in [2.75, 3.05) is 18.8 Å². The highest BCUT2D eigenvalue weighted by Crippen LogP contribution is 2.18. The Kier molecular flexibility index (Phi) is 4.20. The molecule has 0 spiro atoms. The molecule has 1 amide bonds. The number of likely N-dealkylation sites (tertiary alicyclic amines) is 1. The lowest BCUT2D eigenvalue weighted by Crippen LogP contribution is -2.44. The molecule has 3 rings (SSSR count). The zero-order valence-corrected chi connectivity index (χ0v) is 13.8. The minimum absolute atomic E-state index is 0.192. The van der Waals surface area contributed by atoms with Crippen molar-refractivity contribution in [2.24, 2.45) is 7.05 Å². The first-order valence-electron chi connectivity index (χ1n) is 7.62. The average molecular weight is 337 g/mol. The lowest BCUT2D eigenvalue weighted by molar-refractivity contribution is -0.131. The van der Waals surface area contributed by atoms with Gasteiger partial charge >= 0.3 is 5.69 Å². The van der Waals surface area contributed by atoms with Gasteiger partial charge in [0.05, 0.1) is 0 Å². The van der Waals surface area contributed by atoms with E-state index in [0.717, 1.165) is 41.6 Å². The fourth-order valence-electron chi connectivity index (χ4n) is 2.87. The van der Waals surface area contributed by atoms with Gasteiger partial charge in [-0.25, -0.2) is 14.3 Å². The van der Waals surface area contributed by atoms with E-state index in [1.54, 1.807) is 4.90 Å². The molecule has 2 N–H and O–H groups in total. The van der Waals surface area contributed by atoms with Gasteiger partial charge in [-0.2, -0.15) is 0 Å². The summed E-state index contributed by atoms with van der Waals surface area (Å²) >= 11 is 1.03. The fourth-order valence-corrected chi connectivity index (χ4v) is 3.68. The second-order valence-electron chi connectivity index (χ2n) is 5.73. The normalized spacial score (nSPS) is 15.8. The average Bonchev–Trinajstić information content (AvgIpc) is 2.75. The highest BCUT2D eigenvalue weighted by molar-refractivity contribution is 7.21. The van der Waals surface area contributed by atoms with Gasteiger partial charge in [-0.1, -0.05) is 24.2 Å². The molecular weight excluding hydrogens is 318 g/mol. The highest BCUT2D eigenvalue weighted by Gasteiger charge is 2.20. The van der Waals surface area contributed by atoms with Crippen LogP contribution in [-0.2, 0) is 18.4 Å². The number of fused-ring (bicyclic) bond motifs is 1. The Morgan fingerprint density at radius 1 is 1.22 bits per heavy atom. The molecule has 1 aliphatic rings. The molecule has 0 saturated carbocycles. The highest BCUT2D eigenvalue weighted by atomic mass is 32.1. The van der Waals surface area contributed by atoms with E-state index in [1.165, 1.54) is 11.6 Å². The van der Waals surface area contributed by atoms with Crippen LogP contribution in [0.1, 0.15) is 25.7 Å². The molecule has 1 fully saturated rings. The summed E-state index contributed by atoms with van der Waals surface area (Å²) in [6.45, 7) is 1.13. The summed E-state index contributed by atoms with van der Waals surface area (Å²) in [5.41, 5.74) is 4.85. The van der Waals surface area contributed by atoms with Crippen LogP contribution in [0, 0.1) is 0 Å². The van der Waals surface area contributed by atoms with Crippen molar-refractivity contribution in [3.63, 3.8) is 0 Å². The molecule has 0 atom stereocenters. The van der Waals surface area contributed by atoms with E-state index < -0.39 is 11.2 Å². The molecule has 124 valence electrons. The molecule has 0 aliphatic carbocycles. The lowest BCUT2D eigenvalue weighted by atomic mass is 10.2. The first kappa shape index (κ1) is 15.7. The van der Waals surface area contributed by atoms with Gasteiger partial charge in [-0.3, -0.25) is 14.2 Å². The fraction of sp³-hybridized carbons (Fsp3) is 0.571. The standard InChI is InChI=1S/C14H19N5O3S/c1-17-11-10(23-13(15)16-11)12(21)19(14(17)22)8-9(20)18-6-4-2-3-5-7-18/h2-8H2,1H3,(H2,15,16). The van der Waals surface area contributed by atoms with Gasteiger partial charge in [0.15, 0.2) is 10.8 Å². The van der Waals surface area contributed by atoms with Crippen LogP contribution in [0.15, 0.2) is 9.59 Å². The number of nitrogen functional groups attached to an aromatic ring is 1. The quantitative estimate of drug-likeness (QED) is 0.840. The van der Waals surface area contributed by atoms with Crippen LogP contribution in [0.2, 0.25) is 0 Å². The SMILES string of the molecule is Cn1c(=O)n(CC(=O)N2CCCCCC2)c(=O)c2sc(N)nc21. The van der Waals surface area contributed by atoms with Crippen molar-refractivity contribution >= 4 is 32.7 Å². The first-order chi connectivity index (χ1) is 11.0. The molecule has 23 heavy (non-hydrogen) atoms. The minimum Gasteiger partial charge on any atom is -0.375 e. The topological polar surface area (TPSA) is 103 Å². The molecular formula is C14H19N5O3S. The third-order valence-corrected chi connectivity index (χ3v) is 5.01. The Morgan fingerprint density at radius 2 is 1.87 bits per heavy atom. The van der Waals surface area contributed by atoms with Gasteiger partial charge < -0.3 is 10.6 Å². The Labute approximate surface area is 136 Å². The van der Waals surface area contributed by atoms with Crippen molar-refractivity contribution in [2.45, 2.75) is 32.2 Å². The number of nitrogens with zero attached hydrogens (tertiary/aromatic N) is 4. The van der Waals surface area contributed by atoms with Crippen molar-refractivity contribution in [1.82, 2.24) is 19.0 Å². The van der Waals surface area contributed by atoms with E-state index in [4.69, 9.17) is 5.73 Å². The van der Waals surface area contributed by atoms with Crippen molar-refractivity contribution < 1.29 is 4.79 Å². The van der Waals surface area contributed by atoms with E-state index >= 15 is 0 Å². The number of nitrogens with two attached hydrogens (primary N) is 1. The van der Waals surface area contributed by atoms with Gasteiger partial charge in [0.1, 0.15) is 11.2 Å². The molecule has 2 aromatic heterocycles. The van der Waals surface area contributed by atoms with Crippen LogP contribution >= 0.6 is 11.3 Å². The largest absolute Gasteiger partial charge is 0.375 e. The molecule has 0 aromatic carbocycles. The van der Waals surface area contributed by atoms with Crippen LogP contribution < -0.4 is 17.0 Å². The number of hydrogen-bond donors (Lipinski definition) is 1. The third kappa shape index (κ3) is 2.88. The number of carbonyl (C=O) groups excluding carboxylic acids is 1. The van der Waals surface area contributed by atoms with E-state index in [9.17, 15) is 14.4 Å². The Hall–Kier alpha value is -2.16. The summed E-state index contributed by atoms with van der Waals surface area (Å²) in [5, 5.41) is 0.226. The van der Waals surface area contributed by atoms with Gasteiger partial charge in [0.2, 0.25) is 5.91 Å².